The second-order valence-electron chi connectivity index (χ2n) is 6.16. The van der Waals surface area contributed by atoms with Crippen LogP contribution in [0, 0.1) is 19.8 Å². The smallest absolute Gasteiger partial charge is 0.248 e. The van der Waals surface area contributed by atoms with Crippen LogP contribution in [0.1, 0.15) is 38.1 Å². The minimum Gasteiger partial charge on any atom is -0.360 e. The molecule has 0 aromatic carbocycles. The van der Waals surface area contributed by atoms with Gasteiger partial charge in [0, 0.05) is 19.1 Å². The maximum atomic E-state index is 13.0. The summed E-state index contributed by atoms with van der Waals surface area (Å²) in [7, 11) is -3.56. The minimum absolute atomic E-state index is 0.223. The average molecular weight is 315 g/mol. The SMILES string of the molecule is Cc1noc(C)c1S(=O)(=O)N(CC(C)C)CC1CCCN1. The highest BCUT2D eigenvalue weighted by molar-refractivity contribution is 7.89. The summed E-state index contributed by atoms with van der Waals surface area (Å²) in [5.74, 6) is 0.627. The van der Waals surface area contributed by atoms with E-state index in [0.717, 1.165) is 19.4 Å². The topological polar surface area (TPSA) is 75.4 Å². The molecule has 1 aliphatic rings. The van der Waals surface area contributed by atoms with E-state index in [4.69, 9.17) is 4.52 Å². The van der Waals surface area contributed by atoms with Gasteiger partial charge in [-0.1, -0.05) is 19.0 Å². The van der Waals surface area contributed by atoms with Crippen LogP contribution in [0.4, 0.5) is 0 Å². The van der Waals surface area contributed by atoms with Gasteiger partial charge in [-0.3, -0.25) is 0 Å². The fourth-order valence-corrected chi connectivity index (χ4v) is 4.75. The van der Waals surface area contributed by atoms with Gasteiger partial charge in [0.05, 0.1) is 0 Å². The van der Waals surface area contributed by atoms with Crippen LogP contribution in [0.3, 0.4) is 0 Å². The summed E-state index contributed by atoms with van der Waals surface area (Å²) in [6.45, 7) is 9.34. The van der Waals surface area contributed by atoms with E-state index in [2.05, 4.69) is 10.5 Å². The predicted molar refractivity (Wildman–Crippen MR) is 80.6 cm³/mol. The first kappa shape index (κ1) is 16.5. The van der Waals surface area contributed by atoms with Crippen molar-refractivity contribution < 1.29 is 12.9 Å². The highest BCUT2D eigenvalue weighted by atomic mass is 32.2. The largest absolute Gasteiger partial charge is 0.360 e. The van der Waals surface area contributed by atoms with Crippen molar-refractivity contribution in [1.29, 1.82) is 0 Å². The second kappa shape index (κ2) is 6.46. The van der Waals surface area contributed by atoms with Gasteiger partial charge in [0.25, 0.3) is 0 Å². The summed E-state index contributed by atoms with van der Waals surface area (Å²) in [5.41, 5.74) is 0.431. The van der Waals surface area contributed by atoms with Crippen molar-refractivity contribution in [2.24, 2.45) is 5.92 Å². The molecule has 1 aromatic heterocycles. The van der Waals surface area contributed by atoms with E-state index in [-0.39, 0.29) is 16.9 Å². The van der Waals surface area contributed by atoms with Crippen LogP contribution < -0.4 is 5.32 Å². The molecule has 2 heterocycles. The molecule has 6 nitrogen and oxygen atoms in total. The van der Waals surface area contributed by atoms with E-state index >= 15 is 0 Å². The van der Waals surface area contributed by atoms with Gasteiger partial charge in [-0.25, -0.2) is 8.42 Å². The van der Waals surface area contributed by atoms with E-state index in [1.807, 2.05) is 13.8 Å². The lowest BCUT2D eigenvalue weighted by molar-refractivity contribution is 0.335. The first-order valence-electron chi connectivity index (χ1n) is 7.48. The molecule has 7 heteroatoms. The third kappa shape index (κ3) is 3.64. The maximum absolute atomic E-state index is 13.0. The van der Waals surface area contributed by atoms with Gasteiger partial charge in [-0.15, -0.1) is 0 Å². The molecule has 0 spiro atoms. The van der Waals surface area contributed by atoms with Gasteiger partial charge >= 0.3 is 0 Å². The first-order chi connectivity index (χ1) is 9.82. The van der Waals surface area contributed by atoms with E-state index in [0.29, 0.717) is 24.5 Å². The fraction of sp³-hybridized carbons (Fsp3) is 0.786. The lowest BCUT2D eigenvalue weighted by Gasteiger charge is -2.26. The number of sulfonamides is 1. The van der Waals surface area contributed by atoms with Crippen molar-refractivity contribution in [2.45, 2.75) is 51.5 Å². The normalized spacial score (nSPS) is 19.8. The lowest BCUT2D eigenvalue weighted by Crippen LogP contribution is -2.43. The molecule has 1 aliphatic heterocycles. The molecule has 0 saturated carbocycles. The Morgan fingerprint density at radius 1 is 1.43 bits per heavy atom. The lowest BCUT2D eigenvalue weighted by atomic mass is 10.2. The van der Waals surface area contributed by atoms with Crippen LogP contribution in [-0.4, -0.2) is 43.6 Å². The van der Waals surface area contributed by atoms with Crippen molar-refractivity contribution in [3.63, 3.8) is 0 Å². The number of aromatic nitrogens is 1. The standard InChI is InChI=1S/C14H25N3O3S/c1-10(2)8-17(9-13-6-5-7-15-13)21(18,19)14-11(3)16-20-12(14)4/h10,13,15H,5-9H2,1-4H3. The van der Waals surface area contributed by atoms with E-state index in [1.54, 1.807) is 18.2 Å². The molecule has 21 heavy (non-hydrogen) atoms. The van der Waals surface area contributed by atoms with Crippen LogP contribution in [-0.2, 0) is 10.0 Å². The molecular formula is C14H25N3O3S. The quantitative estimate of drug-likeness (QED) is 0.864. The number of rotatable bonds is 6. The van der Waals surface area contributed by atoms with Crippen LogP contribution in [0.25, 0.3) is 0 Å². The molecule has 0 bridgehead atoms. The monoisotopic (exact) mass is 315 g/mol. The maximum Gasteiger partial charge on any atom is 0.248 e. The molecule has 1 N–H and O–H groups in total. The van der Waals surface area contributed by atoms with Gasteiger partial charge in [0.1, 0.15) is 10.6 Å². The van der Waals surface area contributed by atoms with Crippen molar-refractivity contribution in [1.82, 2.24) is 14.8 Å². The third-order valence-electron chi connectivity index (χ3n) is 3.72. The van der Waals surface area contributed by atoms with Crippen LogP contribution in [0.2, 0.25) is 0 Å². The Balaban J connectivity index is 2.29. The molecule has 1 fully saturated rings. The summed E-state index contributed by atoms with van der Waals surface area (Å²) in [5, 5.41) is 7.14. The van der Waals surface area contributed by atoms with Gasteiger partial charge in [0.15, 0.2) is 5.76 Å². The Labute approximate surface area is 126 Å². The van der Waals surface area contributed by atoms with Crippen LogP contribution in [0.15, 0.2) is 9.42 Å². The van der Waals surface area contributed by atoms with Crippen molar-refractivity contribution in [3.8, 4) is 0 Å². The summed E-state index contributed by atoms with van der Waals surface area (Å²) in [4.78, 5) is 0.223. The van der Waals surface area contributed by atoms with Gasteiger partial charge < -0.3 is 9.84 Å². The highest BCUT2D eigenvalue weighted by Gasteiger charge is 2.33. The average Bonchev–Trinajstić information content (AvgIpc) is 2.98. The molecule has 1 atom stereocenters. The van der Waals surface area contributed by atoms with Crippen LogP contribution >= 0.6 is 0 Å². The number of nitrogens with zero attached hydrogens (tertiary/aromatic N) is 2. The molecule has 0 aliphatic carbocycles. The van der Waals surface area contributed by atoms with Gasteiger partial charge in [-0.2, -0.15) is 4.31 Å². The zero-order chi connectivity index (χ0) is 15.6. The molecular weight excluding hydrogens is 290 g/mol. The minimum atomic E-state index is -3.56. The Kier molecular flexibility index (Phi) is 5.06. The number of aryl methyl sites for hydroxylation is 2. The summed E-state index contributed by atoms with van der Waals surface area (Å²) in [6.07, 6.45) is 2.12. The molecule has 1 unspecified atom stereocenters. The van der Waals surface area contributed by atoms with E-state index < -0.39 is 10.0 Å². The summed E-state index contributed by atoms with van der Waals surface area (Å²) in [6, 6.07) is 0.235. The Morgan fingerprint density at radius 3 is 2.62 bits per heavy atom. The zero-order valence-corrected chi connectivity index (χ0v) is 14.0. The van der Waals surface area contributed by atoms with E-state index in [1.165, 1.54) is 0 Å². The van der Waals surface area contributed by atoms with E-state index in [9.17, 15) is 8.42 Å². The van der Waals surface area contributed by atoms with Gasteiger partial charge in [0.2, 0.25) is 10.0 Å². The predicted octanol–water partition coefficient (Wildman–Crippen LogP) is 1.69. The fourth-order valence-electron chi connectivity index (χ4n) is 2.81. The van der Waals surface area contributed by atoms with Crippen molar-refractivity contribution in [2.75, 3.05) is 19.6 Å². The number of hydrogen-bond acceptors (Lipinski definition) is 5. The Bertz CT molecular complexity index is 555. The summed E-state index contributed by atoms with van der Waals surface area (Å²) >= 11 is 0. The van der Waals surface area contributed by atoms with Gasteiger partial charge in [-0.05, 0) is 39.2 Å². The molecule has 1 saturated heterocycles. The van der Waals surface area contributed by atoms with Crippen molar-refractivity contribution >= 4 is 10.0 Å². The molecule has 0 radical (unpaired) electrons. The second-order valence-corrected chi connectivity index (χ2v) is 8.04. The molecule has 0 amide bonds. The van der Waals surface area contributed by atoms with Crippen molar-refractivity contribution in [3.05, 3.63) is 11.5 Å². The number of hydrogen-bond donors (Lipinski definition) is 1. The first-order valence-corrected chi connectivity index (χ1v) is 8.92. The molecule has 1 aromatic rings. The third-order valence-corrected chi connectivity index (χ3v) is 5.80. The molecule has 120 valence electrons. The number of nitrogens with one attached hydrogen (secondary N) is 1. The highest BCUT2D eigenvalue weighted by Crippen LogP contribution is 2.25. The van der Waals surface area contributed by atoms with Crippen LogP contribution in [0.5, 0.6) is 0 Å². The Morgan fingerprint density at radius 2 is 2.14 bits per heavy atom. The molecule has 2 rings (SSSR count). The zero-order valence-electron chi connectivity index (χ0n) is 13.2. The summed E-state index contributed by atoms with van der Waals surface area (Å²) < 4.78 is 32.5. The Hall–Kier alpha value is -0.920.